The average molecular weight is 256 g/mol. The lowest BCUT2D eigenvalue weighted by molar-refractivity contribution is 0.421. The summed E-state index contributed by atoms with van der Waals surface area (Å²) in [7, 11) is 0. The van der Waals surface area contributed by atoms with E-state index in [0.29, 0.717) is 5.41 Å². The van der Waals surface area contributed by atoms with Crippen molar-refractivity contribution in [1.82, 2.24) is 9.78 Å². The smallest absolute Gasteiger partial charge is 0.0850 e. The fraction of sp³-hybridized carbons (Fsp3) is 0.769. The van der Waals surface area contributed by atoms with Gasteiger partial charge in [-0.2, -0.15) is 5.10 Å². The molecular weight excluding hydrogens is 234 g/mol. The van der Waals surface area contributed by atoms with Crippen LogP contribution in [0.2, 0.25) is 5.02 Å². The second kappa shape index (κ2) is 4.62. The van der Waals surface area contributed by atoms with Gasteiger partial charge in [0, 0.05) is 19.0 Å². The van der Waals surface area contributed by atoms with E-state index in [1.165, 1.54) is 12.8 Å². The molecule has 1 unspecified atom stereocenters. The van der Waals surface area contributed by atoms with Crippen molar-refractivity contribution in [2.75, 3.05) is 0 Å². The molecule has 0 saturated heterocycles. The zero-order valence-corrected chi connectivity index (χ0v) is 11.7. The Hall–Kier alpha value is -0.540. The Kier molecular flexibility index (Phi) is 3.50. The Balaban J connectivity index is 2.21. The van der Waals surface area contributed by atoms with E-state index in [1.807, 2.05) is 4.68 Å². The number of hydrogen-bond acceptors (Lipinski definition) is 2. The lowest BCUT2D eigenvalue weighted by atomic mass is 9.95. The van der Waals surface area contributed by atoms with Crippen LogP contribution in [0.4, 0.5) is 0 Å². The molecule has 0 radical (unpaired) electrons. The maximum atomic E-state index is 6.38. The minimum atomic E-state index is 0.201. The molecule has 0 spiro atoms. The molecule has 0 bridgehead atoms. The molecule has 1 fully saturated rings. The molecule has 0 amide bonds. The molecule has 2 N–H and O–H groups in total. The summed E-state index contributed by atoms with van der Waals surface area (Å²) in [5, 5.41) is 5.36. The van der Waals surface area contributed by atoms with Gasteiger partial charge in [0.05, 0.1) is 16.4 Å². The lowest BCUT2D eigenvalue weighted by Gasteiger charge is -2.19. The van der Waals surface area contributed by atoms with Crippen molar-refractivity contribution in [1.29, 1.82) is 0 Å². The summed E-state index contributed by atoms with van der Waals surface area (Å²) in [4.78, 5) is 0. The van der Waals surface area contributed by atoms with Gasteiger partial charge in [0.25, 0.3) is 0 Å². The van der Waals surface area contributed by atoms with E-state index < -0.39 is 0 Å². The second-order valence-electron chi connectivity index (χ2n) is 5.34. The lowest BCUT2D eigenvalue weighted by Crippen LogP contribution is -2.32. The minimum Gasteiger partial charge on any atom is -0.327 e. The number of halogens is 1. The standard InChI is InChI=1S/C13H22ClN3/c1-4-9-12(14)10(17(5-2)16-9)8-11(15)13(3)6-7-13/h11H,4-8,15H2,1-3H3. The zero-order valence-electron chi connectivity index (χ0n) is 11.0. The molecule has 1 atom stereocenters. The number of aromatic nitrogens is 2. The quantitative estimate of drug-likeness (QED) is 0.879. The SMILES string of the molecule is CCc1nn(CC)c(CC(N)C2(C)CC2)c1Cl. The molecular formula is C13H22ClN3. The van der Waals surface area contributed by atoms with Gasteiger partial charge < -0.3 is 5.73 Å². The van der Waals surface area contributed by atoms with Gasteiger partial charge in [-0.3, -0.25) is 4.68 Å². The summed E-state index contributed by atoms with van der Waals surface area (Å²) < 4.78 is 2.01. The molecule has 4 heteroatoms. The van der Waals surface area contributed by atoms with Gasteiger partial charge in [-0.1, -0.05) is 25.4 Å². The first-order chi connectivity index (χ1) is 8.01. The number of nitrogens with zero attached hydrogens (tertiary/aromatic N) is 2. The van der Waals surface area contributed by atoms with Crippen LogP contribution in [0.5, 0.6) is 0 Å². The fourth-order valence-corrected chi connectivity index (χ4v) is 2.58. The summed E-state index contributed by atoms with van der Waals surface area (Å²) in [6, 6.07) is 0.201. The summed E-state index contributed by atoms with van der Waals surface area (Å²) >= 11 is 6.38. The van der Waals surface area contributed by atoms with Crippen LogP contribution < -0.4 is 5.73 Å². The molecule has 2 rings (SSSR count). The number of rotatable bonds is 5. The van der Waals surface area contributed by atoms with Crippen LogP contribution in [0, 0.1) is 5.41 Å². The minimum absolute atomic E-state index is 0.201. The first-order valence-corrected chi connectivity index (χ1v) is 6.89. The van der Waals surface area contributed by atoms with Crippen molar-refractivity contribution in [3.63, 3.8) is 0 Å². The zero-order chi connectivity index (χ0) is 12.6. The first-order valence-electron chi connectivity index (χ1n) is 6.51. The van der Waals surface area contributed by atoms with Gasteiger partial charge in [-0.05, 0) is 31.6 Å². The van der Waals surface area contributed by atoms with Crippen LogP contribution >= 0.6 is 11.6 Å². The Morgan fingerprint density at radius 1 is 1.47 bits per heavy atom. The van der Waals surface area contributed by atoms with E-state index in [1.54, 1.807) is 0 Å². The predicted molar refractivity (Wildman–Crippen MR) is 71.3 cm³/mol. The van der Waals surface area contributed by atoms with Crippen LogP contribution in [0.3, 0.4) is 0 Å². The summed E-state index contributed by atoms with van der Waals surface area (Å²) in [5.41, 5.74) is 8.73. The Morgan fingerprint density at radius 2 is 2.12 bits per heavy atom. The van der Waals surface area contributed by atoms with Crippen LogP contribution in [0.1, 0.15) is 45.0 Å². The Bertz CT molecular complexity index is 407. The van der Waals surface area contributed by atoms with Crippen LogP contribution in [-0.4, -0.2) is 15.8 Å². The van der Waals surface area contributed by atoms with Gasteiger partial charge in [0.2, 0.25) is 0 Å². The van der Waals surface area contributed by atoms with Gasteiger partial charge in [-0.15, -0.1) is 0 Å². The molecule has 0 aromatic carbocycles. The molecule has 3 nitrogen and oxygen atoms in total. The van der Waals surface area contributed by atoms with E-state index in [0.717, 1.165) is 35.8 Å². The molecule has 1 aromatic rings. The molecule has 96 valence electrons. The van der Waals surface area contributed by atoms with Gasteiger partial charge in [0.1, 0.15) is 0 Å². The highest BCUT2D eigenvalue weighted by Gasteiger charge is 2.43. The van der Waals surface area contributed by atoms with Crippen LogP contribution in [0.15, 0.2) is 0 Å². The maximum Gasteiger partial charge on any atom is 0.0850 e. The topological polar surface area (TPSA) is 43.8 Å². The predicted octanol–water partition coefficient (Wildman–Crippen LogP) is 2.79. The third kappa shape index (κ3) is 2.36. The Morgan fingerprint density at radius 3 is 2.59 bits per heavy atom. The molecule has 1 saturated carbocycles. The van der Waals surface area contributed by atoms with Crippen molar-refractivity contribution < 1.29 is 0 Å². The molecule has 1 aliphatic rings. The Labute approximate surface area is 108 Å². The monoisotopic (exact) mass is 255 g/mol. The largest absolute Gasteiger partial charge is 0.327 e. The highest BCUT2D eigenvalue weighted by molar-refractivity contribution is 6.31. The van der Waals surface area contributed by atoms with Crippen molar-refractivity contribution in [3.8, 4) is 0 Å². The average Bonchev–Trinajstić information content (AvgIpc) is 2.99. The highest BCUT2D eigenvalue weighted by Crippen LogP contribution is 2.48. The van der Waals surface area contributed by atoms with Crippen LogP contribution in [-0.2, 0) is 19.4 Å². The summed E-state index contributed by atoms with van der Waals surface area (Å²) in [5.74, 6) is 0. The van der Waals surface area contributed by atoms with E-state index >= 15 is 0 Å². The molecule has 1 heterocycles. The molecule has 17 heavy (non-hydrogen) atoms. The first kappa shape index (κ1) is 12.9. The van der Waals surface area contributed by atoms with Crippen molar-refractivity contribution in [2.24, 2.45) is 11.1 Å². The third-order valence-corrected chi connectivity index (χ3v) is 4.48. The van der Waals surface area contributed by atoms with E-state index in [-0.39, 0.29) is 6.04 Å². The van der Waals surface area contributed by atoms with Crippen molar-refractivity contribution >= 4 is 11.6 Å². The van der Waals surface area contributed by atoms with Crippen molar-refractivity contribution in [3.05, 3.63) is 16.4 Å². The summed E-state index contributed by atoms with van der Waals surface area (Å²) in [6.45, 7) is 7.30. The van der Waals surface area contributed by atoms with E-state index in [2.05, 4.69) is 25.9 Å². The van der Waals surface area contributed by atoms with Gasteiger partial charge >= 0.3 is 0 Å². The second-order valence-corrected chi connectivity index (χ2v) is 5.72. The number of aryl methyl sites for hydroxylation is 2. The number of nitrogens with two attached hydrogens (primary N) is 1. The molecule has 1 aromatic heterocycles. The maximum absolute atomic E-state index is 6.38. The van der Waals surface area contributed by atoms with E-state index in [9.17, 15) is 0 Å². The normalized spacial score (nSPS) is 19.4. The summed E-state index contributed by atoms with van der Waals surface area (Å²) in [6.07, 6.45) is 4.21. The third-order valence-electron chi connectivity index (χ3n) is 4.04. The van der Waals surface area contributed by atoms with E-state index in [4.69, 9.17) is 17.3 Å². The van der Waals surface area contributed by atoms with Crippen LogP contribution in [0.25, 0.3) is 0 Å². The molecule has 0 aliphatic heterocycles. The fourth-order valence-electron chi connectivity index (χ4n) is 2.23. The van der Waals surface area contributed by atoms with Gasteiger partial charge in [-0.25, -0.2) is 0 Å². The molecule has 1 aliphatic carbocycles. The highest BCUT2D eigenvalue weighted by atomic mass is 35.5. The number of hydrogen-bond donors (Lipinski definition) is 1. The van der Waals surface area contributed by atoms with Crippen molar-refractivity contribution in [2.45, 2.75) is 59.0 Å². The van der Waals surface area contributed by atoms with Gasteiger partial charge in [0.15, 0.2) is 0 Å².